The van der Waals surface area contributed by atoms with Crippen LogP contribution in [0.4, 0.5) is 0 Å². The van der Waals surface area contributed by atoms with Gasteiger partial charge in [-0.3, -0.25) is 0 Å². The van der Waals surface area contributed by atoms with Crippen molar-refractivity contribution in [3.05, 3.63) is 50.4 Å². The van der Waals surface area contributed by atoms with E-state index in [1.54, 1.807) is 7.11 Å². The van der Waals surface area contributed by atoms with Gasteiger partial charge in [-0.25, -0.2) is 0 Å². The van der Waals surface area contributed by atoms with Gasteiger partial charge in [0.2, 0.25) is 0 Å². The van der Waals surface area contributed by atoms with Gasteiger partial charge in [-0.15, -0.1) is 0 Å². The molecule has 23 heavy (non-hydrogen) atoms. The Labute approximate surface area is 155 Å². The minimum atomic E-state index is 0.118. The smallest absolute Gasteiger partial charge is 0.133 e. The molecule has 0 N–H and O–H groups in total. The third kappa shape index (κ3) is 2.66. The highest BCUT2D eigenvalue weighted by molar-refractivity contribution is 9.10. The molecular formula is C20H22Br2O. The molecule has 3 rings (SSSR count). The van der Waals surface area contributed by atoms with E-state index in [0.717, 1.165) is 14.7 Å². The van der Waals surface area contributed by atoms with Gasteiger partial charge in [0.1, 0.15) is 5.75 Å². The molecule has 122 valence electrons. The van der Waals surface area contributed by atoms with Crippen LogP contribution in [-0.4, -0.2) is 7.11 Å². The number of ether oxygens (including phenoxy) is 1. The zero-order valence-corrected chi connectivity index (χ0v) is 17.1. The second-order valence-corrected chi connectivity index (χ2v) is 8.07. The number of rotatable bonds is 5. The lowest BCUT2D eigenvalue weighted by atomic mass is 9.71. The van der Waals surface area contributed by atoms with E-state index in [4.69, 9.17) is 4.74 Å². The maximum absolute atomic E-state index is 5.54. The van der Waals surface area contributed by atoms with E-state index in [-0.39, 0.29) is 5.41 Å². The first-order valence-corrected chi connectivity index (χ1v) is 9.84. The summed E-state index contributed by atoms with van der Waals surface area (Å²) < 4.78 is 7.74. The Morgan fingerprint density at radius 2 is 1.57 bits per heavy atom. The summed E-state index contributed by atoms with van der Waals surface area (Å²) in [6.07, 6.45) is 4.70. The van der Waals surface area contributed by atoms with Crippen molar-refractivity contribution in [1.82, 2.24) is 0 Å². The largest absolute Gasteiger partial charge is 0.496 e. The fourth-order valence-corrected chi connectivity index (χ4v) is 5.00. The maximum atomic E-state index is 5.54. The zero-order chi connectivity index (χ0) is 16.6. The van der Waals surface area contributed by atoms with Crippen molar-refractivity contribution in [2.75, 3.05) is 7.11 Å². The third-order valence-electron chi connectivity index (χ3n) is 4.95. The summed E-state index contributed by atoms with van der Waals surface area (Å²) in [4.78, 5) is 0. The van der Waals surface area contributed by atoms with Crippen molar-refractivity contribution in [2.45, 2.75) is 44.9 Å². The number of methoxy groups -OCH3 is 1. The highest BCUT2D eigenvalue weighted by atomic mass is 79.9. The molecule has 0 atom stereocenters. The standard InChI is InChI=1S/C20H22Br2O/c1-4-8-20(9-5-2)16-10-13(21)6-7-14(16)15-11-19(23-3)18(22)12-17(15)20/h6-7,10-12H,4-5,8-9H2,1-3H3. The maximum Gasteiger partial charge on any atom is 0.133 e. The molecule has 0 spiro atoms. The van der Waals surface area contributed by atoms with Crippen LogP contribution in [0.2, 0.25) is 0 Å². The molecule has 0 bridgehead atoms. The predicted molar refractivity (Wildman–Crippen MR) is 104 cm³/mol. The topological polar surface area (TPSA) is 9.23 Å². The van der Waals surface area contributed by atoms with E-state index < -0.39 is 0 Å². The number of benzene rings is 2. The Morgan fingerprint density at radius 3 is 2.17 bits per heavy atom. The van der Waals surface area contributed by atoms with Crippen LogP contribution in [0, 0.1) is 0 Å². The molecule has 1 nitrogen and oxygen atoms in total. The van der Waals surface area contributed by atoms with Crippen LogP contribution >= 0.6 is 31.9 Å². The summed E-state index contributed by atoms with van der Waals surface area (Å²) in [7, 11) is 1.73. The van der Waals surface area contributed by atoms with Gasteiger partial charge in [0.15, 0.2) is 0 Å². The quantitative estimate of drug-likeness (QED) is 0.485. The van der Waals surface area contributed by atoms with Crippen LogP contribution in [0.5, 0.6) is 5.75 Å². The van der Waals surface area contributed by atoms with E-state index in [1.165, 1.54) is 47.9 Å². The first-order valence-electron chi connectivity index (χ1n) is 8.25. The van der Waals surface area contributed by atoms with Crippen LogP contribution in [0.1, 0.15) is 50.7 Å². The average molecular weight is 438 g/mol. The lowest BCUT2D eigenvalue weighted by molar-refractivity contribution is 0.410. The van der Waals surface area contributed by atoms with Gasteiger partial charge in [0.25, 0.3) is 0 Å². The van der Waals surface area contributed by atoms with Gasteiger partial charge in [-0.05, 0) is 75.3 Å². The zero-order valence-electron chi connectivity index (χ0n) is 13.9. The van der Waals surface area contributed by atoms with Crippen molar-refractivity contribution < 1.29 is 4.74 Å². The average Bonchev–Trinajstić information content (AvgIpc) is 2.77. The summed E-state index contributed by atoms with van der Waals surface area (Å²) in [5.41, 5.74) is 5.71. The van der Waals surface area contributed by atoms with E-state index in [1.807, 2.05) is 0 Å². The second-order valence-electron chi connectivity index (χ2n) is 6.30. The molecule has 2 aromatic carbocycles. The fourth-order valence-electron chi connectivity index (χ4n) is 4.14. The lowest BCUT2D eigenvalue weighted by Crippen LogP contribution is -2.25. The van der Waals surface area contributed by atoms with Crippen LogP contribution in [0.3, 0.4) is 0 Å². The third-order valence-corrected chi connectivity index (χ3v) is 6.06. The van der Waals surface area contributed by atoms with Gasteiger partial charge in [0, 0.05) is 9.89 Å². The Morgan fingerprint density at radius 1 is 0.913 bits per heavy atom. The molecule has 2 aromatic rings. The predicted octanol–water partition coefficient (Wildman–Crippen LogP) is 7.09. The summed E-state index contributed by atoms with van der Waals surface area (Å²) in [5, 5.41) is 0. The first-order chi connectivity index (χ1) is 11.1. The molecule has 0 aromatic heterocycles. The monoisotopic (exact) mass is 436 g/mol. The van der Waals surface area contributed by atoms with Crippen LogP contribution < -0.4 is 4.74 Å². The number of hydrogen-bond donors (Lipinski definition) is 0. The number of fused-ring (bicyclic) bond motifs is 3. The Bertz CT molecular complexity index is 731. The molecule has 3 heteroatoms. The van der Waals surface area contributed by atoms with Gasteiger partial charge in [-0.1, -0.05) is 48.7 Å². The molecule has 0 fully saturated rings. The number of hydrogen-bond acceptors (Lipinski definition) is 1. The summed E-state index contributed by atoms with van der Waals surface area (Å²) >= 11 is 7.36. The van der Waals surface area contributed by atoms with Crippen LogP contribution in [0.15, 0.2) is 39.3 Å². The Balaban J connectivity index is 2.34. The van der Waals surface area contributed by atoms with Crippen molar-refractivity contribution in [3.8, 4) is 16.9 Å². The van der Waals surface area contributed by atoms with Gasteiger partial charge in [0.05, 0.1) is 11.6 Å². The molecule has 0 heterocycles. The molecule has 0 saturated carbocycles. The Kier molecular flexibility index (Phi) is 4.89. The van der Waals surface area contributed by atoms with Crippen molar-refractivity contribution in [2.24, 2.45) is 0 Å². The molecule has 0 saturated heterocycles. The van der Waals surface area contributed by atoms with Crippen LogP contribution in [-0.2, 0) is 5.41 Å². The molecule has 0 amide bonds. The normalized spacial score (nSPS) is 14.5. The van der Waals surface area contributed by atoms with Gasteiger partial charge in [-0.2, -0.15) is 0 Å². The van der Waals surface area contributed by atoms with Gasteiger partial charge < -0.3 is 4.74 Å². The SMILES string of the molecule is CCCC1(CCC)c2cc(Br)ccc2-c2cc(OC)c(Br)cc21. The highest BCUT2D eigenvalue weighted by Crippen LogP contribution is 2.56. The molecule has 1 aliphatic carbocycles. The van der Waals surface area contributed by atoms with E-state index in [0.29, 0.717) is 0 Å². The molecule has 0 radical (unpaired) electrons. The fraction of sp³-hybridized carbons (Fsp3) is 0.400. The first kappa shape index (κ1) is 17.0. The van der Waals surface area contributed by atoms with E-state index in [2.05, 4.69) is 76.0 Å². The molecule has 1 aliphatic rings. The minimum Gasteiger partial charge on any atom is -0.496 e. The molecular weight excluding hydrogens is 416 g/mol. The number of halogens is 2. The highest BCUT2D eigenvalue weighted by Gasteiger charge is 2.42. The van der Waals surface area contributed by atoms with E-state index in [9.17, 15) is 0 Å². The molecule has 0 unspecified atom stereocenters. The minimum absolute atomic E-state index is 0.118. The summed E-state index contributed by atoms with van der Waals surface area (Å²) in [6, 6.07) is 11.2. The Hall–Kier alpha value is -0.800. The summed E-state index contributed by atoms with van der Waals surface area (Å²) in [5.74, 6) is 0.904. The van der Waals surface area contributed by atoms with E-state index >= 15 is 0 Å². The van der Waals surface area contributed by atoms with Crippen molar-refractivity contribution in [1.29, 1.82) is 0 Å². The van der Waals surface area contributed by atoms with Crippen molar-refractivity contribution in [3.63, 3.8) is 0 Å². The van der Waals surface area contributed by atoms with Crippen molar-refractivity contribution >= 4 is 31.9 Å². The van der Waals surface area contributed by atoms with Crippen LogP contribution in [0.25, 0.3) is 11.1 Å². The lowest BCUT2D eigenvalue weighted by Gasteiger charge is -2.32. The second kappa shape index (κ2) is 6.60. The summed E-state index contributed by atoms with van der Waals surface area (Å²) in [6.45, 7) is 4.57. The molecule has 0 aliphatic heterocycles. The van der Waals surface area contributed by atoms with Gasteiger partial charge >= 0.3 is 0 Å².